The molecule has 0 unspecified atom stereocenters. The van der Waals surface area contributed by atoms with Crippen LogP contribution in [-0.2, 0) is 9.47 Å². The molecule has 22 heavy (non-hydrogen) atoms. The Balaban J connectivity index is 1.89. The van der Waals surface area contributed by atoms with Gasteiger partial charge in [-0.3, -0.25) is 4.90 Å². The first-order chi connectivity index (χ1) is 10.5. The van der Waals surface area contributed by atoms with Crippen LogP contribution in [0.25, 0.3) is 0 Å². The highest BCUT2D eigenvalue weighted by molar-refractivity contribution is 5.92. The van der Waals surface area contributed by atoms with Crippen LogP contribution in [0.2, 0.25) is 0 Å². The summed E-state index contributed by atoms with van der Waals surface area (Å²) >= 11 is 0. The summed E-state index contributed by atoms with van der Waals surface area (Å²) in [6, 6.07) is 3.82. The van der Waals surface area contributed by atoms with E-state index in [1.54, 1.807) is 0 Å². The highest BCUT2D eigenvalue weighted by Crippen LogP contribution is 2.24. The van der Waals surface area contributed by atoms with Gasteiger partial charge in [-0.15, -0.1) is 0 Å². The maximum absolute atomic E-state index is 12.1. The average Bonchev–Trinajstić information content (AvgIpc) is 2.47. The second kappa shape index (κ2) is 7.47. The Bertz CT molecular complexity index is 513. The Morgan fingerprint density at radius 3 is 2.64 bits per heavy atom. The summed E-state index contributed by atoms with van der Waals surface area (Å²) in [7, 11) is 0. The molecule has 1 heterocycles. The minimum Gasteiger partial charge on any atom is -0.508 e. The molecule has 0 spiro atoms. The van der Waals surface area contributed by atoms with Gasteiger partial charge in [0.2, 0.25) is 0 Å². The molecule has 1 aliphatic heterocycles. The summed E-state index contributed by atoms with van der Waals surface area (Å²) in [5, 5.41) is 18.9. The fraction of sp³-hybridized carbons (Fsp3) is 0.562. The van der Waals surface area contributed by atoms with E-state index < -0.39 is 5.97 Å². The normalized spacial score (nSPS) is 18.6. The zero-order valence-corrected chi connectivity index (χ0v) is 13.0. The van der Waals surface area contributed by atoms with Gasteiger partial charge >= 0.3 is 5.97 Å². The Morgan fingerprint density at radius 1 is 1.32 bits per heavy atom. The van der Waals surface area contributed by atoms with E-state index in [0.29, 0.717) is 0 Å². The zero-order chi connectivity index (χ0) is 16.1. The van der Waals surface area contributed by atoms with E-state index in [1.807, 2.05) is 13.8 Å². The predicted octanol–water partition coefficient (Wildman–Crippen LogP) is 1.61. The van der Waals surface area contributed by atoms with E-state index >= 15 is 0 Å². The van der Waals surface area contributed by atoms with Gasteiger partial charge in [0.1, 0.15) is 23.2 Å². The van der Waals surface area contributed by atoms with Crippen LogP contribution in [-0.4, -0.2) is 60.0 Å². The van der Waals surface area contributed by atoms with Crippen LogP contribution in [0.4, 0.5) is 0 Å². The molecule has 1 aromatic carbocycles. The number of carbonyl (C=O) groups excluding carboxylic acids is 1. The molecule has 0 amide bonds. The van der Waals surface area contributed by atoms with Gasteiger partial charge < -0.3 is 19.7 Å². The number of phenols is 2. The lowest BCUT2D eigenvalue weighted by molar-refractivity contribution is 0.000288. The van der Waals surface area contributed by atoms with Crippen molar-refractivity contribution < 1.29 is 24.5 Å². The van der Waals surface area contributed by atoms with Crippen molar-refractivity contribution in [2.24, 2.45) is 5.92 Å². The third-order valence-corrected chi connectivity index (χ3v) is 3.95. The second-order valence-electron chi connectivity index (χ2n) is 5.70. The first-order valence-corrected chi connectivity index (χ1v) is 7.50. The van der Waals surface area contributed by atoms with Gasteiger partial charge in [0, 0.05) is 31.6 Å². The van der Waals surface area contributed by atoms with Crippen LogP contribution in [0.5, 0.6) is 11.5 Å². The smallest absolute Gasteiger partial charge is 0.342 e. The van der Waals surface area contributed by atoms with E-state index in [-0.39, 0.29) is 29.1 Å². The number of hydrogen-bond donors (Lipinski definition) is 2. The Morgan fingerprint density at radius 2 is 2.00 bits per heavy atom. The molecular formula is C16H23NO5. The molecule has 1 fully saturated rings. The number of ether oxygens (including phenoxy) is 2. The van der Waals surface area contributed by atoms with E-state index in [4.69, 9.17) is 9.47 Å². The molecule has 6 heteroatoms. The highest BCUT2D eigenvalue weighted by Gasteiger charge is 2.23. The molecule has 0 saturated carbocycles. The van der Waals surface area contributed by atoms with Crippen molar-refractivity contribution in [2.45, 2.75) is 20.0 Å². The van der Waals surface area contributed by atoms with Crippen molar-refractivity contribution >= 4 is 5.97 Å². The van der Waals surface area contributed by atoms with Gasteiger partial charge in [0.15, 0.2) is 0 Å². The molecule has 1 aliphatic rings. The third-order valence-electron chi connectivity index (χ3n) is 3.95. The van der Waals surface area contributed by atoms with Gasteiger partial charge in [-0.2, -0.15) is 0 Å². The van der Waals surface area contributed by atoms with Crippen molar-refractivity contribution in [1.29, 1.82) is 0 Å². The van der Waals surface area contributed by atoms with Gasteiger partial charge in [0.25, 0.3) is 0 Å². The Hall–Kier alpha value is -1.79. The standard InChI is InChI=1S/C16H23NO5/c1-11(10-17-5-7-21-8-6-17)12(2)22-16(20)14-4-3-13(18)9-15(14)19/h3-4,9,11-12,18-19H,5-8,10H2,1-2H3/t11-,12+/m1/s1. The maximum atomic E-state index is 12.1. The largest absolute Gasteiger partial charge is 0.508 e. The van der Waals surface area contributed by atoms with Crippen LogP contribution < -0.4 is 0 Å². The number of hydrogen-bond acceptors (Lipinski definition) is 6. The van der Waals surface area contributed by atoms with E-state index in [0.717, 1.165) is 38.9 Å². The first kappa shape index (κ1) is 16.6. The summed E-state index contributed by atoms with van der Waals surface area (Å²) in [6.07, 6.45) is -0.274. The molecule has 2 rings (SSSR count). The number of nitrogens with zero attached hydrogens (tertiary/aromatic N) is 1. The summed E-state index contributed by atoms with van der Waals surface area (Å²) in [5.74, 6) is -0.791. The lowest BCUT2D eigenvalue weighted by Crippen LogP contribution is -2.41. The number of carbonyl (C=O) groups is 1. The molecule has 122 valence electrons. The first-order valence-electron chi connectivity index (χ1n) is 7.50. The van der Waals surface area contributed by atoms with Crippen LogP contribution >= 0.6 is 0 Å². The number of morpholine rings is 1. The lowest BCUT2D eigenvalue weighted by Gasteiger charge is -2.31. The molecular weight excluding hydrogens is 286 g/mol. The van der Waals surface area contributed by atoms with E-state index in [9.17, 15) is 15.0 Å². The third kappa shape index (κ3) is 4.35. The Labute approximate surface area is 130 Å². The molecule has 0 radical (unpaired) electrons. The van der Waals surface area contributed by atoms with Crippen molar-refractivity contribution in [3.8, 4) is 11.5 Å². The van der Waals surface area contributed by atoms with Crippen LogP contribution in [0.15, 0.2) is 18.2 Å². The number of esters is 1. The van der Waals surface area contributed by atoms with E-state index in [1.165, 1.54) is 12.1 Å². The lowest BCUT2D eigenvalue weighted by atomic mass is 10.1. The monoisotopic (exact) mass is 309 g/mol. The van der Waals surface area contributed by atoms with Gasteiger partial charge in [-0.25, -0.2) is 4.79 Å². The number of aromatic hydroxyl groups is 2. The fourth-order valence-electron chi connectivity index (χ4n) is 2.38. The van der Waals surface area contributed by atoms with Crippen molar-refractivity contribution in [2.75, 3.05) is 32.8 Å². The average molecular weight is 309 g/mol. The van der Waals surface area contributed by atoms with E-state index in [2.05, 4.69) is 4.90 Å². The summed E-state index contributed by atoms with van der Waals surface area (Å²) in [6.45, 7) is 7.97. The van der Waals surface area contributed by atoms with Crippen LogP contribution in [0.1, 0.15) is 24.2 Å². The number of phenolic OH excluding ortho intramolecular Hbond substituents is 2. The summed E-state index contributed by atoms with van der Waals surface area (Å²) < 4.78 is 10.7. The summed E-state index contributed by atoms with van der Waals surface area (Å²) in [5.41, 5.74) is 0.0585. The van der Waals surface area contributed by atoms with Crippen molar-refractivity contribution in [1.82, 2.24) is 4.90 Å². The predicted molar refractivity (Wildman–Crippen MR) is 81.1 cm³/mol. The molecule has 1 saturated heterocycles. The molecule has 0 aromatic heterocycles. The molecule has 2 N–H and O–H groups in total. The molecule has 0 bridgehead atoms. The molecule has 0 aliphatic carbocycles. The quantitative estimate of drug-likeness (QED) is 0.805. The topological polar surface area (TPSA) is 79.2 Å². The minimum atomic E-state index is -0.584. The van der Waals surface area contributed by atoms with Gasteiger partial charge in [-0.05, 0) is 19.1 Å². The highest BCUT2D eigenvalue weighted by atomic mass is 16.5. The molecule has 6 nitrogen and oxygen atoms in total. The van der Waals surface area contributed by atoms with Gasteiger partial charge in [0.05, 0.1) is 13.2 Å². The van der Waals surface area contributed by atoms with Crippen molar-refractivity contribution in [3.63, 3.8) is 0 Å². The van der Waals surface area contributed by atoms with Crippen LogP contribution in [0, 0.1) is 5.92 Å². The van der Waals surface area contributed by atoms with Gasteiger partial charge in [-0.1, -0.05) is 6.92 Å². The SMILES string of the molecule is C[C@H](CN1CCOCC1)[C@H](C)OC(=O)c1ccc(O)cc1O. The number of benzene rings is 1. The molecule has 2 atom stereocenters. The summed E-state index contributed by atoms with van der Waals surface area (Å²) in [4.78, 5) is 14.4. The van der Waals surface area contributed by atoms with Crippen molar-refractivity contribution in [3.05, 3.63) is 23.8 Å². The van der Waals surface area contributed by atoms with Crippen LogP contribution in [0.3, 0.4) is 0 Å². The second-order valence-corrected chi connectivity index (χ2v) is 5.70. The molecule has 1 aromatic rings. The maximum Gasteiger partial charge on any atom is 0.342 e. The zero-order valence-electron chi connectivity index (χ0n) is 13.0. The minimum absolute atomic E-state index is 0.0585. The fourth-order valence-corrected chi connectivity index (χ4v) is 2.38. The Kier molecular flexibility index (Phi) is 5.63. The number of rotatable bonds is 5.